The van der Waals surface area contributed by atoms with Crippen molar-refractivity contribution < 1.29 is 9.59 Å². The van der Waals surface area contributed by atoms with Gasteiger partial charge >= 0.3 is 12.1 Å². The van der Waals surface area contributed by atoms with Gasteiger partial charge in [-0.1, -0.05) is 6.07 Å². The molecule has 0 unspecified atom stereocenters. The molecule has 0 radical (unpaired) electrons. The van der Waals surface area contributed by atoms with Crippen molar-refractivity contribution in [3.05, 3.63) is 30.5 Å². The van der Waals surface area contributed by atoms with E-state index in [9.17, 15) is 9.59 Å². The Kier molecular flexibility index (Phi) is 3.65. The predicted molar refractivity (Wildman–Crippen MR) is 79.1 cm³/mol. The van der Waals surface area contributed by atoms with Crippen LogP contribution in [0.4, 0.5) is 15.3 Å². The van der Waals surface area contributed by atoms with E-state index >= 15 is 0 Å². The van der Waals surface area contributed by atoms with E-state index in [4.69, 9.17) is 0 Å². The minimum Gasteiger partial charge on any atom is -0.331 e. The molecule has 1 N–H and O–H groups in total. The van der Waals surface area contributed by atoms with E-state index in [0.29, 0.717) is 5.69 Å². The first kappa shape index (κ1) is 13.9. The molecular weight excluding hydrogens is 256 g/mol. The van der Waals surface area contributed by atoms with Gasteiger partial charge in [-0.3, -0.25) is 4.57 Å². The zero-order valence-electron chi connectivity index (χ0n) is 12.0. The smallest absolute Gasteiger partial charge is 0.328 e. The average molecular weight is 274 g/mol. The highest BCUT2D eigenvalue weighted by molar-refractivity contribution is 6.03. The Balaban J connectivity index is 2.45. The molecule has 1 aromatic carbocycles. The summed E-state index contributed by atoms with van der Waals surface area (Å²) in [4.78, 5) is 26.8. The summed E-state index contributed by atoms with van der Waals surface area (Å²) >= 11 is 0. The number of aromatic nitrogens is 1. The van der Waals surface area contributed by atoms with Gasteiger partial charge < -0.3 is 15.1 Å². The highest BCUT2D eigenvalue weighted by Crippen LogP contribution is 2.25. The molecule has 0 aliphatic rings. The van der Waals surface area contributed by atoms with Crippen LogP contribution >= 0.6 is 0 Å². The number of anilines is 1. The molecule has 0 atom stereocenters. The van der Waals surface area contributed by atoms with Gasteiger partial charge in [-0.2, -0.15) is 0 Å². The number of nitrogens with one attached hydrogen (secondary N) is 1. The third kappa shape index (κ3) is 2.45. The summed E-state index contributed by atoms with van der Waals surface area (Å²) < 4.78 is 1.56. The second-order valence-corrected chi connectivity index (χ2v) is 4.93. The SMILES string of the molecule is CN(C)C(=O)Nc1cccc2c1ccn2C(=O)N(C)C. The van der Waals surface area contributed by atoms with Crippen LogP contribution in [0, 0.1) is 0 Å². The van der Waals surface area contributed by atoms with E-state index in [1.807, 2.05) is 24.3 Å². The summed E-state index contributed by atoms with van der Waals surface area (Å²) in [5.41, 5.74) is 1.45. The Labute approximate surface area is 117 Å². The van der Waals surface area contributed by atoms with Gasteiger partial charge in [0.25, 0.3) is 0 Å². The van der Waals surface area contributed by atoms with Gasteiger partial charge in [-0.05, 0) is 18.2 Å². The van der Waals surface area contributed by atoms with Crippen molar-refractivity contribution in [3.63, 3.8) is 0 Å². The molecule has 20 heavy (non-hydrogen) atoms. The van der Waals surface area contributed by atoms with Crippen LogP contribution in [0.3, 0.4) is 0 Å². The molecule has 2 aromatic rings. The number of fused-ring (bicyclic) bond motifs is 1. The van der Waals surface area contributed by atoms with E-state index < -0.39 is 0 Å². The summed E-state index contributed by atoms with van der Waals surface area (Å²) in [6, 6.07) is 6.96. The maximum Gasteiger partial charge on any atom is 0.328 e. The third-order valence-electron chi connectivity index (χ3n) is 2.97. The van der Waals surface area contributed by atoms with E-state index in [1.165, 1.54) is 9.80 Å². The minimum absolute atomic E-state index is 0.129. The number of hydrogen-bond donors (Lipinski definition) is 1. The standard InChI is InChI=1S/C14H18N4O2/c1-16(2)13(19)15-11-6-5-7-12-10(11)8-9-18(12)14(20)17(3)4/h5-9H,1-4H3,(H,15,19). The summed E-state index contributed by atoms with van der Waals surface area (Å²) in [5.74, 6) is 0. The molecule has 2 rings (SSSR count). The van der Waals surface area contributed by atoms with Crippen LogP contribution in [0.5, 0.6) is 0 Å². The Morgan fingerprint density at radius 1 is 1.05 bits per heavy atom. The normalized spacial score (nSPS) is 10.4. The molecule has 0 saturated carbocycles. The van der Waals surface area contributed by atoms with Crippen LogP contribution in [-0.2, 0) is 0 Å². The molecular formula is C14H18N4O2. The molecule has 0 saturated heterocycles. The topological polar surface area (TPSA) is 57.6 Å². The van der Waals surface area contributed by atoms with Crippen molar-refractivity contribution >= 4 is 28.7 Å². The largest absolute Gasteiger partial charge is 0.331 e. The van der Waals surface area contributed by atoms with Crippen LogP contribution < -0.4 is 5.32 Å². The average Bonchev–Trinajstić information content (AvgIpc) is 2.82. The fraction of sp³-hybridized carbons (Fsp3) is 0.286. The van der Waals surface area contributed by atoms with Crippen LogP contribution in [-0.4, -0.2) is 54.6 Å². The Morgan fingerprint density at radius 2 is 1.75 bits per heavy atom. The molecule has 6 nitrogen and oxygen atoms in total. The zero-order chi connectivity index (χ0) is 14.9. The van der Waals surface area contributed by atoms with Gasteiger partial charge in [-0.15, -0.1) is 0 Å². The lowest BCUT2D eigenvalue weighted by Crippen LogP contribution is -2.27. The first-order valence-electron chi connectivity index (χ1n) is 6.22. The molecule has 0 bridgehead atoms. The fourth-order valence-electron chi connectivity index (χ4n) is 1.89. The summed E-state index contributed by atoms with van der Waals surface area (Å²) in [6.07, 6.45) is 1.71. The molecule has 0 aliphatic carbocycles. The lowest BCUT2D eigenvalue weighted by Gasteiger charge is -2.14. The van der Waals surface area contributed by atoms with Crippen molar-refractivity contribution in [2.24, 2.45) is 0 Å². The second kappa shape index (κ2) is 5.24. The van der Waals surface area contributed by atoms with Gasteiger partial charge in [0.15, 0.2) is 0 Å². The monoisotopic (exact) mass is 274 g/mol. The van der Waals surface area contributed by atoms with Crippen LogP contribution in [0.1, 0.15) is 0 Å². The number of carbonyl (C=O) groups excluding carboxylic acids is 2. The number of hydrogen-bond acceptors (Lipinski definition) is 2. The van der Waals surface area contributed by atoms with Crippen molar-refractivity contribution in [2.75, 3.05) is 33.5 Å². The lowest BCUT2D eigenvalue weighted by atomic mass is 10.2. The highest BCUT2D eigenvalue weighted by Gasteiger charge is 2.13. The fourth-order valence-corrected chi connectivity index (χ4v) is 1.89. The van der Waals surface area contributed by atoms with Gasteiger partial charge in [0.1, 0.15) is 0 Å². The van der Waals surface area contributed by atoms with Gasteiger partial charge in [0.2, 0.25) is 0 Å². The summed E-state index contributed by atoms with van der Waals surface area (Å²) in [7, 11) is 6.75. The van der Waals surface area contributed by atoms with Crippen molar-refractivity contribution in [3.8, 4) is 0 Å². The Bertz CT molecular complexity index is 658. The maximum absolute atomic E-state index is 12.1. The summed E-state index contributed by atoms with van der Waals surface area (Å²) in [5, 5.41) is 3.65. The molecule has 0 aliphatic heterocycles. The molecule has 6 heteroatoms. The van der Waals surface area contributed by atoms with Gasteiger partial charge in [-0.25, -0.2) is 9.59 Å². The predicted octanol–water partition coefficient (Wildman–Crippen LogP) is 2.26. The summed E-state index contributed by atoms with van der Waals surface area (Å²) in [6.45, 7) is 0. The number of benzene rings is 1. The molecule has 1 aromatic heterocycles. The molecule has 0 spiro atoms. The Morgan fingerprint density at radius 3 is 2.35 bits per heavy atom. The number of urea groups is 1. The van der Waals surface area contributed by atoms with Crippen LogP contribution in [0.2, 0.25) is 0 Å². The van der Waals surface area contributed by atoms with Crippen LogP contribution in [0.15, 0.2) is 30.5 Å². The highest BCUT2D eigenvalue weighted by atomic mass is 16.2. The van der Waals surface area contributed by atoms with Gasteiger partial charge in [0, 0.05) is 39.8 Å². The second-order valence-electron chi connectivity index (χ2n) is 4.93. The van der Waals surface area contributed by atoms with Crippen LogP contribution in [0.25, 0.3) is 10.9 Å². The van der Waals surface area contributed by atoms with Crippen molar-refractivity contribution in [2.45, 2.75) is 0 Å². The van der Waals surface area contributed by atoms with Gasteiger partial charge in [0.05, 0.1) is 11.2 Å². The first-order chi connectivity index (χ1) is 9.41. The number of rotatable bonds is 1. The van der Waals surface area contributed by atoms with E-state index in [0.717, 1.165) is 10.9 Å². The molecule has 1 heterocycles. The van der Waals surface area contributed by atoms with E-state index in [1.54, 1.807) is 39.0 Å². The molecule has 3 amide bonds. The lowest BCUT2D eigenvalue weighted by molar-refractivity contribution is 0.220. The third-order valence-corrected chi connectivity index (χ3v) is 2.97. The number of carbonyl (C=O) groups is 2. The van der Waals surface area contributed by atoms with E-state index in [-0.39, 0.29) is 12.1 Å². The van der Waals surface area contributed by atoms with Crippen molar-refractivity contribution in [1.82, 2.24) is 14.4 Å². The quantitative estimate of drug-likeness (QED) is 0.867. The Hall–Kier alpha value is -2.50. The first-order valence-corrected chi connectivity index (χ1v) is 6.22. The number of amides is 3. The number of nitrogens with zero attached hydrogens (tertiary/aromatic N) is 3. The zero-order valence-corrected chi connectivity index (χ0v) is 12.0. The molecule has 106 valence electrons. The molecule has 0 fully saturated rings. The maximum atomic E-state index is 12.1. The van der Waals surface area contributed by atoms with Crippen molar-refractivity contribution in [1.29, 1.82) is 0 Å². The minimum atomic E-state index is -0.204. The van der Waals surface area contributed by atoms with E-state index in [2.05, 4.69) is 5.32 Å².